The van der Waals surface area contributed by atoms with Crippen LogP contribution in [0.1, 0.15) is 13.1 Å². The molecule has 1 aliphatic rings. The van der Waals surface area contributed by atoms with E-state index < -0.39 is 15.9 Å². The van der Waals surface area contributed by atoms with E-state index in [1.54, 1.807) is 4.72 Å². The molecule has 5 heteroatoms. The third-order valence-electron chi connectivity index (χ3n) is 1.50. The van der Waals surface area contributed by atoms with Crippen LogP contribution in [-0.2, 0) is 10.0 Å². The van der Waals surface area contributed by atoms with Crippen LogP contribution in [0.15, 0.2) is 29.1 Å². The van der Waals surface area contributed by atoms with E-state index in [1.807, 2.05) is 0 Å². The number of hydrogen-bond donors (Lipinski definition) is 1. The molecular weight excluding hydrogens is 178 g/mol. The zero-order valence-electron chi connectivity index (χ0n) is 7.79. The highest BCUT2D eigenvalue weighted by Gasteiger charge is 2.31. The zero-order chi connectivity index (χ0) is 10.5. The number of benzene rings is 1. The predicted molar refractivity (Wildman–Crippen MR) is 41.1 cm³/mol. The fraction of sp³-hybridized carbons (Fsp3) is 0. The van der Waals surface area contributed by atoms with E-state index in [1.165, 1.54) is 0 Å². The van der Waals surface area contributed by atoms with Crippen molar-refractivity contribution in [2.24, 2.45) is 0 Å². The Morgan fingerprint density at radius 3 is 3.00 bits per heavy atom. The van der Waals surface area contributed by atoms with Crippen molar-refractivity contribution in [3.8, 4) is 0 Å². The zero-order valence-corrected chi connectivity index (χ0v) is 6.60. The molecule has 0 unspecified atom stereocenters. The molecule has 1 aromatic carbocycles. The highest BCUT2D eigenvalue weighted by molar-refractivity contribution is 7.90. The summed E-state index contributed by atoms with van der Waals surface area (Å²) in [5.41, 5.74) is -0.123. The Kier molecular flexibility index (Phi) is 0.917. The molecule has 12 heavy (non-hydrogen) atoms. The van der Waals surface area contributed by atoms with Gasteiger partial charge in [-0.1, -0.05) is 12.1 Å². The highest BCUT2D eigenvalue weighted by atomic mass is 32.2. The molecule has 2 rings (SSSR count). The maximum Gasteiger partial charge on any atom is 0.266 e. The molecule has 1 amide bonds. The second kappa shape index (κ2) is 2.07. The Balaban J connectivity index is 2.89. The van der Waals surface area contributed by atoms with Crippen molar-refractivity contribution in [2.45, 2.75) is 4.90 Å². The van der Waals surface area contributed by atoms with Gasteiger partial charge in [0.05, 0.1) is 8.30 Å². The number of hydrogen-bond acceptors (Lipinski definition) is 3. The lowest BCUT2D eigenvalue weighted by atomic mass is 10.2. The van der Waals surface area contributed by atoms with Crippen LogP contribution < -0.4 is 4.72 Å². The molecule has 4 nitrogen and oxygen atoms in total. The first-order chi connectivity index (χ1) is 6.42. The average molecular weight is 185 g/mol. The molecule has 1 heterocycles. The molecule has 62 valence electrons. The summed E-state index contributed by atoms with van der Waals surface area (Å²) in [6.07, 6.45) is 0. The number of fused-ring (bicyclic) bond motifs is 1. The largest absolute Gasteiger partial charge is 0.268 e. The lowest BCUT2D eigenvalue weighted by Crippen LogP contribution is -2.20. The molecule has 0 saturated carbocycles. The van der Waals surface area contributed by atoms with Crippen LogP contribution >= 0.6 is 0 Å². The normalized spacial score (nSPS) is 20.8. The second-order valence-electron chi connectivity index (χ2n) is 2.28. The Bertz CT molecular complexity index is 538. The van der Waals surface area contributed by atoms with Gasteiger partial charge in [0.1, 0.15) is 4.90 Å². The van der Waals surface area contributed by atoms with Gasteiger partial charge in [0.25, 0.3) is 15.9 Å². The first-order valence-electron chi connectivity index (χ1n) is 4.10. The van der Waals surface area contributed by atoms with Crippen LogP contribution in [0.3, 0.4) is 0 Å². The molecule has 0 bridgehead atoms. The summed E-state index contributed by atoms with van der Waals surface area (Å²) >= 11 is 0. The van der Waals surface area contributed by atoms with E-state index in [4.69, 9.17) is 2.74 Å². The van der Waals surface area contributed by atoms with Gasteiger partial charge >= 0.3 is 0 Å². The summed E-state index contributed by atoms with van der Waals surface area (Å²) < 4.78 is 38.9. The Hall–Kier alpha value is -1.36. The standard InChI is InChI=1S/C7H5NO3S/c9-7-5-3-1-2-4-6(5)12(10,11)8-7/h1-4H,(H,8,9)/i1D,4D. The summed E-state index contributed by atoms with van der Waals surface area (Å²) in [6.45, 7) is 0. The number of rotatable bonds is 0. The Morgan fingerprint density at radius 2 is 2.25 bits per heavy atom. The van der Waals surface area contributed by atoms with Gasteiger partial charge in [-0.3, -0.25) is 4.79 Å². The molecule has 1 aromatic rings. The number of carbonyl (C=O) groups is 1. The highest BCUT2D eigenvalue weighted by Crippen LogP contribution is 2.20. The van der Waals surface area contributed by atoms with Gasteiger partial charge in [-0.2, -0.15) is 0 Å². The van der Waals surface area contributed by atoms with E-state index in [2.05, 4.69) is 0 Å². The maximum atomic E-state index is 11.3. The topological polar surface area (TPSA) is 63.2 Å². The molecular formula is C7H5NO3S. The number of nitrogens with one attached hydrogen (secondary N) is 1. The molecule has 0 atom stereocenters. The van der Waals surface area contributed by atoms with Gasteiger partial charge in [0.15, 0.2) is 0 Å². The van der Waals surface area contributed by atoms with Gasteiger partial charge < -0.3 is 0 Å². The fourth-order valence-corrected chi connectivity index (χ4v) is 2.11. The van der Waals surface area contributed by atoms with Crippen LogP contribution in [0, 0.1) is 0 Å². The van der Waals surface area contributed by atoms with E-state index in [9.17, 15) is 13.2 Å². The van der Waals surface area contributed by atoms with E-state index in [0.29, 0.717) is 0 Å². The lowest BCUT2D eigenvalue weighted by molar-refractivity contribution is 0.0985. The SMILES string of the molecule is [2H]c1cc([2H])c2c(c1)C(=O)NS2(=O)=O. The summed E-state index contributed by atoms with van der Waals surface area (Å²) in [5.74, 6) is -0.775. The smallest absolute Gasteiger partial charge is 0.266 e. The quantitative estimate of drug-likeness (QED) is 0.624. The predicted octanol–water partition coefficient (Wildman–Crippen LogP) is 0.119. The molecule has 0 fully saturated rings. The lowest BCUT2D eigenvalue weighted by Gasteiger charge is -1.91. The fourth-order valence-electron chi connectivity index (χ4n) is 0.995. The van der Waals surface area contributed by atoms with Crippen LogP contribution in [0.4, 0.5) is 0 Å². The van der Waals surface area contributed by atoms with E-state index in [0.717, 1.165) is 12.1 Å². The molecule has 1 aliphatic heterocycles. The number of amides is 1. The van der Waals surface area contributed by atoms with Gasteiger partial charge in [-0.05, 0) is 12.1 Å². The number of sulfonamides is 1. The summed E-state index contributed by atoms with van der Waals surface area (Å²) in [7, 11) is -3.87. The van der Waals surface area contributed by atoms with Crippen molar-refractivity contribution in [3.63, 3.8) is 0 Å². The van der Waals surface area contributed by atoms with Crippen molar-refractivity contribution in [1.82, 2.24) is 4.72 Å². The second-order valence-corrected chi connectivity index (χ2v) is 3.90. The minimum Gasteiger partial charge on any atom is -0.268 e. The van der Waals surface area contributed by atoms with Crippen LogP contribution in [-0.4, -0.2) is 14.3 Å². The monoisotopic (exact) mass is 185 g/mol. The average Bonchev–Trinajstić information content (AvgIpc) is 2.21. The molecule has 0 aliphatic carbocycles. The van der Waals surface area contributed by atoms with Crippen molar-refractivity contribution >= 4 is 15.9 Å². The van der Waals surface area contributed by atoms with Gasteiger partial charge in [0.2, 0.25) is 0 Å². The number of carbonyl (C=O) groups excluding carboxylic acids is 1. The van der Waals surface area contributed by atoms with Gasteiger partial charge in [0, 0.05) is 0 Å². The van der Waals surface area contributed by atoms with E-state index in [-0.39, 0.29) is 22.5 Å². The first-order valence-corrected chi connectivity index (χ1v) is 4.58. The van der Waals surface area contributed by atoms with E-state index >= 15 is 0 Å². The van der Waals surface area contributed by atoms with Gasteiger partial charge in [-0.25, -0.2) is 13.1 Å². The van der Waals surface area contributed by atoms with Gasteiger partial charge in [-0.15, -0.1) is 0 Å². The first kappa shape index (κ1) is 5.31. The molecule has 0 radical (unpaired) electrons. The molecule has 1 N–H and O–H groups in total. The summed E-state index contributed by atoms with van der Waals surface area (Å²) in [5, 5.41) is 0. The Labute approximate surface area is 72.1 Å². The van der Waals surface area contributed by atoms with Crippen LogP contribution in [0.5, 0.6) is 0 Å². The van der Waals surface area contributed by atoms with Crippen molar-refractivity contribution in [3.05, 3.63) is 29.8 Å². The van der Waals surface area contributed by atoms with Crippen LogP contribution in [0.2, 0.25) is 0 Å². The summed E-state index contributed by atoms with van der Waals surface area (Å²) in [4.78, 5) is 10.8. The third kappa shape index (κ3) is 0.831. The van der Waals surface area contributed by atoms with Crippen molar-refractivity contribution in [2.75, 3.05) is 0 Å². The Morgan fingerprint density at radius 1 is 1.50 bits per heavy atom. The minimum atomic E-state index is -3.87. The molecule has 0 spiro atoms. The molecule has 0 aromatic heterocycles. The third-order valence-corrected chi connectivity index (χ3v) is 2.83. The maximum absolute atomic E-state index is 11.3. The van der Waals surface area contributed by atoms with Crippen LogP contribution in [0.25, 0.3) is 0 Å². The van der Waals surface area contributed by atoms with Crippen molar-refractivity contribution < 1.29 is 16.0 Å². The molecule has 0 saturated heterocycles. The van der Waals surface area contributed by atoms with Crippen molar-refractivity contribution in [1.29, 1.82) is 0 Å². The summed E-state index contributed by atoms with van der Waals surface area (Å²) in [6, 6.07) is 1.83. The minimum absolute atomic E-state index is 0.0546.